The Morgan fingerprint density at radius 1 is 1.07 bits per heavy atom. The van der Waals surface area contributed by atoms with E-state index in [4.69, 9.17) is 9.15 Å². The Balaban J connectivity index is 1.55. The van der Waals surface area contributed by atoms with Crippen molar-refractivity contribution < 1.29 is 28.3 Å². The number of carbonyl (C=O) groups excluding carboxylic acids is 4. The first kappa shape index (κ1) is 18.2. The van der Waals surface area contributed by atoms with Gasteiger partial charge in [0, 0.05) is 6.04 Å². The molecule has 2 aromatic rings. The normalized spacial score (nSPS) is 12.7. The van der Waals surface area contributed by atoms with Crippen molar-refractivity contribution in [1.82, 2.24) is 10.6 Å². The maximum atomic E-state index is 12.2. The van der Waals surface area contributed by atoms with Crippen molar-refractivity contribution in [2.45, 2.75) is 18.9 Å². The predicted molar refractivity (Wildman–Crippen MR) is 93.1 cm³/mol. The summed E-state index contributed by atoms with van der Waals surface area (Å²) in [7, 11) is 0. The van der Waals surface area contributed by atoms with Crippen molar-refractivity contribution in [2.75, 3.05) is 11.9 Å². The van der Waals surface area contributed by atoms with Crippen molar-refractivity contribution in [3.63, 3.8) is 0 Å². The summed E-state index contributed by atoms with van der Waals surface area (Å²) in [5.41, 5.74) is 0.267. The molecule has 0 radical (unpaired) electrons. The summed E-state index contributed by atoms with van der Waals surface area (Å²) in [6.07, 6.45) is 3.13. The smallest absolute Gasteiger partial charge is 0.340 e. The molecular formula is C18H17N3O6. The Morgan fingerprint density at radius 3 is 2.56 bits per heavy atom. The quantitative estimate of drug-likeness (QED) is 0.663. The van der Waals surface area contributed by atoms with E-state index in [1.54, 1.807) is 18.2 Å². The highest BCUT2D eigenvalue weighted by atomic mass is 16.5. The molecule has 0 bridgehead atoms. The lowest BCUT2D eigenvalue weighted by atomic mass is 10.1. The van der Waals surface area contributed by atoms with Gasteiger partial charge in [0.1, 0.15) is 0 Å². The number of carbonyl (C=O) groups is 4. The van der Waals surface area contributed by atoms with E-state index >= 15 is 0 Å². The third-order valence-electron chi connectivity index (χ3n) is 3.64. The first-order valence-corrected chi connectivity index (χ1v) is 8.24. The van der Waals surface area contributed by atoms with Crippen molar-refractivity contribution in [1.29, 1.82) is 0 Å². The molecule has 0 aliphatic heterocycles. The zero-order chi connectivity index (χ0) is 19.2. The molecule has 9 heteroatoms. The van der Waals surface area contributed by atoms with Gasteiger partial charge < -0.3 is 19.8 Å². The third-order valence-corrected chi connectivity index (χ3v) is 3.64. The molecule has 9 nitrogen and oxygen atoms in total. The van der Waals surface area contributed by atoms with Crippen molar-refractivity contribution in [2.24, 2.45) is 0 Å². The molecule has 1 aromatic carbocycles. The van der Waals surface area contributed by atoms with Crippen LogP contribution in [-0.4, -0.2) is 36.5 Å². The predicted octanol–water partition coefficient (Wildman–Crippen LogP) is 1.68. The number of para-hydroxylation sites is 1. The molecule has 140 valence electrons. The van der Waals surface area contributed by atoms with Gasteiger partial charge in [0.15, 0.2) is 12.4 Å². The second kappa shape index (κ2) is 8.17. The molecule has 3 N–H and O–H groups in total. The van der Waals surface area contributed by atoms with Crippen LogP contribution in [0.1, 0.15) is 33.8 Å². The number of amides is 4. The second-order valence-electron chi connectivity index (χ2n) is 5.85. The van der Waals surface area contributed by atoms with Crippen molar-refractivity contribution in [3.05, 3.63) is 54.0 Å². The molecule has 1 aliphatic rings. The number of esters is 1. The zero-order valence-electron chi connectivity index (χ0n) is 14.2. The number of urea groups is 1. The highest BCUT2D eigenvalue weighted by Gasteiger charge is 2.24. The maximum Gasteiger partial charge on any atom is 0.340 e. The van der Waals surface area contributed by atoms with Gasteiger partial charge in [-0.3, -0.25) is 14.9 Å². The summed E-state index contributed by atoms with van der Waals surface area (Å²) in [4.78, 5) is 47.4. The number of anilines is 1. The number of benzene rings is 1. The van der Waals surface area contributed by atoms with Gasteiger partial charge in [0.05, 0.1) is 17.5 Å². The zero-order valence-corrected chi connectivity index (χ0v) is 14.2. The minimum atomic E-state index is -0.817. The molecule has 1 saturated carbocycles. The summed E-state index contributed by atoms with van der Waals surface area (Å²) in [5.74, 6) is -2.02. The molecule has 4 amide bonds. The number of imide groups is 1. The Hall–Kier alpha value is -3.62. The van der Waals surface area contributed by atoms with Crippen molar-refractivity contribution >= 4 is 29.5 Å². The Kier molecular flexibility index (Phi) is 5.50. The fourth-order valence-corrected chi connectivity index (χ4v) is 2.18. The molecule has 0 spiro atoms. The number of furan rings is 1. The van der Waals surface area contributed by atoms with Crippen LogP contribution in [-0.2, 0) is 9.53 Å². The minimum Gasteiger partial charge on any atom is -0.459 e. The summed E-state index contributed by atoms with van der Waals surface area (Å²) in [6, 6.07) is 8.69. The molecule has 1 heterocycles. The molecule has 1 aromatic heterocycles. The van der Waals surface area contributed by atoms with Crippen LogP contribution in [0.4, 0.5) is 10.5 Å². The molecule has 0 unspecified atom stereocenters. The lowest BCUT2D eigenvalue weighted by molar-refractivity contribution is -0.123. The van der Waals surface area contributed by atoms with E-state index in [2.05, 4.69) is 16.0 Å². The topological polar surface area (TPSA) is 127 Å². The first-order chi connectivity index (χ1) is 13.0. The van der Waals surface area contributed by atoms with Crippen LogP contribution in [0, 0.1) is 0 Å². The van der Waals surface area contributed by atoms with E-state index in [1.165, 1.54) is 24.5 Å². The van der Waals surface area contributed by atoms with Gasteiger partial charge in [-0.15, -0.1) is 0 Å². The van der Waals surface area contributed by atoms with Gasteiger partial charge in [-0.25, -0.2) is 9.59 Å². The van der Waals surface area contributed by atoms with Crippen LogP contribution in [0.3, 0.4) is 0 Å². The van der Waals surface area contributed by atoms with E-state index in [9.17, 15) is 19.2 Å². The van der Waals surface area contributed by atoms with Crippen molar-refractivity contribution in [3.8, 4) is 0 Å². The number of nitrogens with one attached hydrogen (secondary N) is 3. The van der Waals surface area contributed by atoms with E-state index in [1.807, 2.05) is 0 Å². The summed E-state index contributed by atoms with van der Waals surface area (Å²) in [5, 5.41) is 7.20. The standard InChI is InChI=1S/C18H17N3O6/c22-15(21-18(25)19-11-7-8-11)10-27-17(24)12-4-1-2-5-13(12)20-16(23)14-6-3-9-26-14/h1-6,9,11H,7-8,10H2,(H,20,23)(H2,19,21,22,25). The Labute approximate surface area is 154 Å². The largest absolute Gasteiger partial charge is 0.459 e. The first-order valence-electron chi connectivity index (χ1n) is 8.24. The second-order valence-corrected chi connectivity index (χ2v) is 5.85. The fourth-order valence-electron chi connectivity index (χ4n) is 2.18. The van der Waals surface area contributed by atoms with Gasteiger partial charge in [0.2, 0.25) is 0 Å². The van der Waals surface area contributed by atoms with Gasteiger partial charge >= 0.3 is 12.0 Å². The summed E-state index contributed by atoms with van der Waals surface area (Å²) < 4.78 is 9.92. The van der Waals surface area contributed by atoms with E-state index in [0.29, 0.717) is 0 Å². The third kappa shape index (κ3) is 5.18. The van der Waals surface area contributed by atoms with Crippen LogP contribution in [0.5, 0.6) is 0 Å². The van der Waals surface area contributed by atoms with Gasteiger partial charge in [0.25, 0.3) is 11.8 Å². The molecule has 27 heavy (non-hydrogen) atoms. The average molecular weight is 371 g/mol. The number of hydrogen-bond donors (Lipinski definition) is 3. The number of rotatable bonds is 6. The SMILES string of the molecule is O=C(COC(=O)c1ccccc1NC(=O)c1ccco1)NC(=O)NC1CC1. The average Bonchev–Trinajstić information content (AvgIpc) is 3.28. The van der Waals surface area contributed by atoms with Crippen LogP contribution < -0.4 is 16.0 Å². The van der Waals surface area contributed by atoms with Crippen LogP contribution in [0.15, 0.2) is 47.1 Å². The minimum absolute atomic E-state index is 0.0626. The molecule has 0 saturated heterocycles. The molecule has 1 fully saturated rings. The number of hydrogen-bond acceptors (Lipinski definition) is 6. The Bertz CT molecular complexity index is 858. The van der Waals surface area contributed by atoms with Crippen LogP contribution in [0.2, 0.25) is 0 Å². The lowest BCUT2D eigenvalue weighted by Crippen LogP contribution is -2.42. The number of ether oxygens (including phenoxy) is 1. The molecular weight excluding hydrogens is 354 g/mol. The molecule has 1 aliphatic carbocycles. The lowest BCUT2D eigenvalue weighted by Gasteiger charge is -2.10. The molecule has 0 atom stereocenters. The summed E-state index contributed by atoms with van der Waals surface area (Å²) in [6.45, 7) is -0.628. The monoisotopic (exact) mass is 371 g/mol. The fraction of sp³-hybridized carbons (Fsp3) is 0.222. The maximum absolute atomic E-state index is 12.2. The Morgan fingerprint density at radius 2 is 1.85 bits per heavy atom. The highest BCUT2D eigenvalue weighted by molar-refractivity contribution is 6.07. The van der Waals surface area contributed by atoms with E-state index in [0.717, 1.165) is 12.8 Å². The van der Waals surface area contributed by atoms with Gasteiger partial charge in [-0.1, -0.05) is 12.1 Å². The summed E-state index contributed by atoms with van der Waals surface area (Å²) >= 11 is 0. The highest BCUT2D eigenvalue weighted by Crippen LogP contribution is 2.18. The van der Waals surface area contributed by atoms with Gasteiger partial charge in [-0.05, 0) is 37.1 Å². The van der Waals surface area contributed by atoms with Gasteiger partial charge in [-0.2, -0.15) is 0 Å². The molecule has 3 rings (SSSR count). The van der Waals surface area contributed by atoms with E-state index in [-0.39, 0.29) is 23.1 Å². The van der Waals surface area contributed by atoms with E-state index < -0.39 is 30.4 Å². The van der Waals surface area contributed by atoms with Crippen LogP contribution >= 0.6 is 0 Å². The van der Waals surface area contributed by atoms with Crippen LogP contribution in [0.25, 0.3) is 0 Å².